The molecule has 0 spiro atoms. The highest BCUT2D eigenvalue weighted by Gasteiger charge is 2.12. The van der Waals surface area contributed by atoms with Gasteiger partial charge in [0.05, 0.1) is 9.95 Å². The van der Waals surface area contributed by atoms with Crippen LogP contribution in [0, 0.1) is 10.1 Å². The number of hydrogen-bond donors (Lipinski definition) is 2. The molecule has 0 aliphatic heterocycles. The van der Waals surface area contributed by atoms with E-state index in [1.807, 2.05) is 0 Å². The van der Waals surface area contributed by atoms with E-state index in [-0.39, 0.29) is 17.9 Å². The molecule has 0 fully saturated rings. The maximum atomic E-state index is 11.8. The van der Waals surface area contributed by atoms with E-state index in [9.17, 15) is 19.7 Å². The van der Waals surface area contributed by atoms with Crippen molar-refractivity contribution in [3.63, 3.8) is 0 Å². The van der Waals surface area contributed by atoms with Crippen molar-refractivity contribution in [1.82, 2.24) is 10.9 Å². The molecule has 0 aromatic heterocycles. The smallest absolute Gasteiger partial charge is 0.276 e. The largest absolute Gasteiger partial charge is 0.482 e. The molecular formula is C15H12ClN3O5. The van der Waals surface area contributed by atoms with Gasteiger partial charge in [0.2, 0.25) is 0 Å². The van der Waals surface area contributed by atoms with Crippen LogP contribution in [0.25, 0.3) is 0 Å². The summed E-state index contributed by atoms with van der Waals surface area (Å²) in [5, 5.41) is 11.0. The third-order valence-corrected chi connectivity index (χ3v) is 3.14. The Hall–Kier alpha value is -3.13. The number of hydrogen-bond acceptors (Lipinski definition) is 5. The number of hydrazine groups is 1. The fourth-order valence-corrected chi connectivity index (χ4v) is 1.89. The molecule has 2 amide bonds. The number of carbonyl (C=O) groups is 2. The van der Waals surface area contributed by atoms with Crippen LogP contribution in [0.5, 0.6) is 5.75 Å². The third-order valence-electron chi connectivity index (χ3n) is 2.83. The number of amides is 2. The number of nitro benzene ring substituents is 1. The predicted octanol–water partition coefficient (Wildman–Crippen LogP) is 2.09. The summed E-state index contributed by atoms with van der Waals surface area (Å²) in [7, 11) is 0. The Labute approximate surface area is 141 Å². The number of halogens is 1. The summed E-state index contributed by atoms with van der Waals surface area (Å²) >= 11 is 5.87. The SMILES string of the molecule is O=C(COc1ccccc1Cl)NNC(=O)c1cccc([N+](=O)[O-])c1. The van der Waals surface area contributed by atoms with Crippen molar-refractivity contribution in [2.24, 2.45) is 0 Å². The van der Waals surface area contributed by atoms with E-state index in [1.54, 1.807) is 24.3 Å². The molecular weight excluding hydrogens is 338 g/mol. The summed E-state index contributed by atoms with van der Waals surface area (Å²) in [5.41, 5.74) is 4.10. The molecule has 0 aliphatic carbocycles. The van der Waals surface area contributed by atoms with E-state index in [2.05, 4.69) is 10.9 Å². The first-order valence-electron chi connectivity index (χ1n) is 6.68. The van der Waals surface area contributed by atoms with Crippen molar-refractivity contribution in [2.45, 2.75) is 0 Å². The lowest BCUT2D eigenvalue weighted by Crippen LogP contribution is -2.43. The zero-order chi connectivity index (χ0) is 17.5. The van der Waals surface area contributed by atoms with Gasteiger partial charge >= 0.3 is 0 Å². The number of para-hydroxylation sites is 1. The van der Waals surface area contributed by atoms with Gasteiger partial charge in [-0.15, -0.1) is 0 Å². The minimum Gasteiger partial charge on any atom is -0.482 e. The monoisotopic (exact) mass is 349 g/mol. The van der Waals surface area contributed by atoms with Gasteiger partial charge in [-0.1, -0.05) is 29.8 Å². The first kappa shape index (κ1) is 17.2. The molecule has 0 aliphatic rings. The molecule has 2 N–H and O–H groups in total. The Kier molecular flexibility index (Phi) is 5.69. The second-order valence-corrected chi connectivity index (χ2v) is 4.94. The topological polar surface area (TPSA) is 111 Å². The van der Waals surface area contributed by atoms with E-state index < -0.39 is 16.7 Å². The lowest BCUT2D eigenvalue weighted by Gasteiger charge is -2.09. The van der Waals surface area contributed by atoms with E-state index in [1.165, 1.54) is 18.2 Å². The van der Waals surface area contributed by atoms with E-state index in [4.69, 9.17) is 16.3 Å². The first-order valence-corrected chi connectivity index (χ1v) is 7.06. The lowest BCUT2D eigenvalue weighted by molar-refractivity contribution is -0.384. The van der Waals surface area contributed by atoms with Gasteiger partial charge in [-0.05, 0) is 18.2 Å². The Morgan fingerprint density at radius 2 is 1.88 bits per heavy atom. The van der Waals surface area contributed by atoms with Crippen molar-refractivity contribution in [3.05, 3.63) is 69.2 Å². The molecule has 0 unspecified atom stereocenters. The van der Waals surface area contributed by atoms with Gasteiger partial charge in [0.25, 0.3) is 17.5 Å². The van der Waals surface area contributed by atoms with Crippen LogP contribution >= 0.6 is 11.6 Å². The van der Waals surface area contributed by atoms with E-state index in [0.29, 0.717) is 10.8 Å². The number of ether oxygens (including phenoxy) is 1. The molecule has 124 valence electrons. The maximum absolute atomic E-state index is 11.8. The number of non-ortho nitro benzene ring substituents is 1. The highest BCUT2D eigenvalue weighted by Crippen LogP contribution is 2.22. The second kappa shape index (κ2) is 7.93. The molecule has 2 rings (SSSR count). The minimum atomic E-state index is -0.690. The van der Waals surface area contributed by atoms with Crippen LogP contribution in [0.4, 0.5) is 5.69 Å². The van der Waals surface area contributed by atoms with Gasteiger partial charge in [-0.25, -0.2) is 0 Å². The van der Waals surface area contributed by atoms with Crippen molar-refractivity contribution in [3.8, 4) is 5.75 Å². The summed E-state index contributed by atoms with van der Waals surface area (Å²) in [6.07, 6.45) is 0. The zero-order valence-corrected chi connectivity index (χ0v) is 12.9. The van der Waals surface area contributed by atoms with Gasteiger partial charge in [0.15, 0.2) is 6.61 Å². The highest BCUT2D eigenvalue weighted by atomic mass is 35.5. The Morgan fingerprint density at radius 1 is 1.12 bits per heavy atom. The van der Waals surface area contributed by atoms with Crippen LogP contribution in [-0.4, -0.2) is 23.3 Å². The number of rotatable bonds is 5. The molecule has 2 aromatic rings. The van der Waals surface area contributed by atoms with Gasteiger partial charge in [0, 0.05) is 17.7 Å². The van der Waals surface area contributed by atoms with Crippen LogP contribution in [0.1, 0.15) is 10.4 Å². The van der Waals surface area contributed by atoms with Crippen molar-refractivity contribution >= 4 is 29.1 Å². The Balaban J connectivity index is 1.85. The molecule has 0 heterocycles. The highest BCUT2D eigenvalue weighted by molar-refractivity contribution is 6.32. The van der Waals surface area contributed by atoms with Crippen molar-refractivity contribution in [1.29, 1.82) is 0 Å². The normalized spacial score (nSPS) is 9.88. The van der Waals surface area contributed by atoms with Crippen molar-refractivity contribution in [2.75, 3.05) is 6.61 Å². The average Bonchev–Trinajstić information content (AvgIpc) is 2.59. The molecule has 0 bridgehead atoms. The van der Waals surface area contributed by atoms with Crippen LogP contribution in [-0.2, 0) is 4.79 Å². The number of benzene rings is 2. The average molecular weight is 350 g/mol. The van der Waals surface area contributed by atoms with Gasteiger partial charge in [-0.2, -0.15) is 0 Å². The maximum Gasteiger partial charge on any atom is 0.276 e. The minimum absolute atomic E-state index is 0.0384. The van der Waals surface area contributed by atoms with Crippen LogP contribution < -0.4 is 15.6 Å². The fraction of sp³-hybridized carbons (Fsp3) is 0.0667. The summed E-state index contributed by atoms with van der Waals surface area (Å²) in [5.74, 6) is -0.974. The molecule has 24 heavy (non-hydrogen) atoms. The summed E-state index contributed by atoms with van der Waals surface area (Å²) in [4.78, 5) is 33.5. The summed E-state index contributed by atoms with van der Waals surface area (Å²) in [6, 6.07) is 11.7. The molecule has 2 aromatic carbocycles. The van der Waals surface area contributed by atoms with E-state index >= 15 is 0 Å². The molecule has 9 heteroatoms. The fourth-order valence-electron chi connectivity index (χ4n) is 1.70. The number of nitro groups is 1. The molecule has 0 radical (unpaired) electrons. The zero-order valence-electron chi connectivity index (χ0n) is 12.2. The van der Waals surface area contributed by atoms with Gasteiger partial charge < -0.3 is 4.74 Å². The molecule has 8 nitrogen and oxygen atoms in total. The lowest BCUT2D eigenvalue weighted by atomic mass is 10.2. The van der Waals surface area contributed by atoms with Gasteiger partial charge in [-0.3, -0.25) is 30.6 Å². The third kappa shape index (κ3) is 4.68. The van der Waals surface area contributed by atoms with E-state index in [0.717, 1.165) is 6.07 Å². The molecule has 0 atom stereocenters. The summed E-state index contributed by atoms with van der Waals surface area (Å²) < 4.78 is 5.20. The van der Waals surface area contributed by atoms with Crippen LogP contribution in [0.15, 0.2) is 48.5 Å². The molecule has 0 saturated carbocycles. The predicted molar refractivity (Wildman–Crippen MR) is 85.7 cm³/mol. The van der Waals surface area contributed by atoms with Gasteiger partial charge in [0.1, 0.15) is 5.75 Å². The van der Waals surface area contributed by atoms with Crippen LogP contribution in [0.2, 0.25) is 5.02 Å². The molecule has 0 saturated heterocycles. The second-order valence-electron chi connectivity index (χ2n) is 4.53. The number of nitrogens with one attached hydrogen (secondary N) is 2. The quantitative estimate of drug-likeness (QED) is 0.634. The number of nitrogens with zero attached hydrogens (tertiary/aromatic N) is 1. The Bertz CT molecular complexity index is 781. The summed E-state index contributed by atoms with van der Waals surface area (Å²) in [6.45, 7) is -0.362. The first-order chi connectivity index (χ1) is 11.5. The van der Waals surface area contributed by atoms with Crippen LogP contribution in [0.3, 0.4) is 0 Å². The van der Waals surface area contributed by atoms with Crippen molar-refractivity contribution < 1.29 is 19.2 Å². The Morgan fingerprint density at radius 3 is 2.58 bits per heavy atom. The number of carbonyl (C=O) groups excluding carboxylic acids is 2. The standard InChI is InChI=1S/C15H12ClN3O5/c16-12-6-1-2-7-13(12)24-9-14(20)17-18-15(21)10-4-3-5-11(8-10)19(22)23/h1-8H,9H2,(H,17,20)(H,18,21).